The van der Waals surface area contributed by atoms with E-state index < -0.39 is 18.1 Å². The Morgan fingerprint density at radius 3 is 1.42 bits per heavy atom. The van der Waals surface area contributed by atoms with Crippen molar-refractivity contribution in [2.75, 3.05) is 107 Å². The summed E-state index contributed by atoms with van der Waals surface area (Å²) in [7, 11) is 8.15. The fourth-order valence-electron chi connectivity index (χ4n) is 10.7. The predicted molar refractivity (Wildman–Crippen MR) is 283 cm³/mol. The van der Waals surface area contributed by atoms with E-state index in [4.69, 9.17) is 40.0 Å². The van der Waals surface area contributed by atoms with Crippen molar-refractivity contribution in [1.82, 2.24) is 39.6 Å². The Morgan fingerprint density at radius 2 is 1.10 bits per heavy atom. The minimum atomic E-state index is -4.64. The van der Waals surface area contributed by atoms with Crippen LogP contribution in [0.15, 0.2) is 0 Å². The molecule has 1 amide bonds. The number of amides is 1. The molecule has 0 saturated heterocycles. The van der Waals surface area contributed by atoms with Crippen LogP contribution in [0.25, 0.3) is 0 Å². The lowest BCUT2D eigenvalue weighted by molar-refractivity contribution is -0.156. The summed E-state index contributed by atoms with van der Waals surface area (Å²) in [5, 5.41) is 13.4. The van der Waals surface area contributed by atoms with Crippen molar-refractivity contribution in [3.05, 3.63) is 33.9 Å². The van der Waals surface area contributed by atoms with Crippen LogP contribution in [0.2, 0.25) is 0 Å². The van der Waals surface area contributed by atoms with Crippen LogP contribution in [-0.2, 0) is 67.5 Å². The van der Waals surface area contributed by atoms with E-state index in [1.54, 1.807) is 24.4 Å². The number of fused-ring (bicyclic) bond motifs is 2. The summed E-state index contributed by atoms with van der Waals surface area (Å²) >= 11 is 0. The molecule has 18 heteroatoms. The number of carbonyl (C=O) groups excluding carboxylic acids is 2. The first-order chi connectivity index (χ1) is 35.2. The van der Waals surface area contributed by atoms with Gasteiger partial charge < -0.3 is 33.9 Å². The monoisotopic (exact) mass is 1040 g/mol. The molecule has 2 aliphatic carbocycles. The standard InChI is InChI=1S/C28H50N4O4.C23H42N4O2.C2HF3O.C2H6/c1-8-34-20-28(21-35-9-2)14-12-22(13-15-28)25-23(29-32-16-10-11-24(25)32)19-30(6)17-18-31(7)26(33)36-27(3,4)5;1-5-28-17-23(18-29-6-2)11-9-19(10-12-23)22-20(16-26(4)15-13-24-3)25-27-14-7-8-21(22)27;3-2(4,5)1-6;1-2/h22H,8-21H2,1-7H3;19,24H,5-18H2,1-4H3;1H;1-2H3/i;;;1D. The Bertz CT molecular complexity index is 1870. The molecule has 0 atom stereocenters. The average Bonchev–Trinajstić information content (AvgIpc) is 4.16. The number of aryl methyl sites for hydroxylation is 2. The Balaban J connectivity index is 0.000000340. The van der Waals surface area contributed by atoms with Gasteiger partial charge in [-0.1, -0.05) is 13.8 Å². The Labute approximate surface area is 439 Å². The van der Waals surface area contributed by atoms with Crippen LogP contribution in [0.3, 0.4) is 0 Å². The van der Waals surface area contributed by atoms with Crippen molar-refractivity contribution >= 4 is 12.4 Å². The number of nitrogens with zero attached hydrogens (tertiary/aromatic N) is 7. The number of halogens is 3. The van der Waals surface area contributed by atoms with E-state index >= 15 is 0 Å². The highest BCUT2D eigenvalue weighted by atomic mass is 19.4. The first-order valence-corrected chi connectivity index (χ1v) is 27.4. The highest BCUT2D eigenvalue weighted by Gasteiger charge is 2.41. The maximum atomic E-state index is 12.3. The molecule has 0 unspecified atom stereocenters. The maximum absolute atomic E-state index is 12.3. The van der Waals surface area contributed by atoms with Crippen molar-refractivity contribution in [3.63, 3.8) is 0 Å². The van der Waals surface area contributed by atoms with Crippen molar-refractivity contribution in [3.8, 4) is 0 Å². The predicted octanol–water partition coefficient (Wildman–Crippen LogP) is 9.82. The second kappa shape index (κ2) is 31.8. The number of nitrogens with one attached hydrogen (secondary N) is 1. The van der Waals surface area contributed by atoms with Gasteiger partial charge in [0, 0.05) is 121 Å². The van der Waals surface area contributed by atoms with Crippen molar-refractivity contribution < 1.29 is 47.8 Å². The molecule has 0 bridgehead atoms. The molecule has 15 nitrogen and oxygen atoms in total. The fraction of sp³-hybridized carbons (Fsp3) is 0.855. The van der Waals surface area contributed by atoms with Gasteiger partial charge in [0.2, 0.25) is 6.29 Å². The molecule has 6 rings (SSSR count). The molecule has 2 fully saturated rings. The summed E-state index contributed by atoms with van der Waals surface area (Å²) in [6.07, 6.45) is 8.23. The van der Waals surface area contributed by atoms with Crippen LogP contribution >= 0.6 is 0 Å². The van der Waals surface area contributed by atoms with Crippen LogP contribution in [0.5, 0.6) is 0 Å². The molecular weight excluding hydrogens is 942 g/mol. The number of ether oxygens (including phenoxy) is 5. The van der Waals surface area contributed by atoms with Crippen LogP contribution < -0.4 is 5.32 Å². The number of hydrogen-bond acceptors (Lipinski definition) is 12. The maximum Gasteiger partial charge on any atom is 0.446 e. The number of alkyl halides is 3. The van der Waals surface area contributed by atoms with Gasteiger partial charge in [-0.2, -0.15) is 23.4 Å². The number of rotatable bonds is 24. The molecule has 0 radical (unpaired) electrons. The molecule has 73 heavy (non-hydrogen) atoms. The number of hydrogen-bond donors (Lipinski definition) is 1. The molecule has 0 aromatic carbocycles. The number of carbonyl (C=O) groups is 2. The minimum absolute atomic E-state index is 0.141. The summed E-state index contributed by atoms with van der Waals surface area (Å²) in [6.45, 7) is 30.0. The van der Waals surface area contributed by atoms with Gasteiger partial charge in [0.05, 0.1) is 37.8 Å². The molecule has 2 aromatic heterocycles. The summed E-state index contributed by atoms with van der Waals surface area (Å²) in [4.78, 5) is 27.4. The van der Waals surface area contributed by atoms with Gasteiger partial charge in [-0.05, 0) is 158 Å². The van der Waals surface area contributed by atoms with Crippen LogP contribution in [0.1, 0.15) is 174 Å². The second-order valence-corrected chi connectivity index (χ2v) is 21.5. The summed E-state index contributed by atoms with van der Waals surface area (Å²) in [5.41, 5.74) is 8.47. The Morgan fingerprint density at radius 1 is 0.726 bits per heavy atom. The largest absolute Gasteiger partial charge is 0.446 e. The molecular formula is C55H99F3N8O7. The van der Waals surface area contributed by atoms with E-state index in [0.29, 0.717) is 25.3 Å². The molecule has 2 saturated carbocycles. The fourth-order valence-corrected chi connectivity index (χ4v) is 10.7. The van der Waals surface area contributed by atoms with E-state index in [0.717, 1.165) is 131 Å². The van der Waals surface area contributed by atoms with Gasteiger partial charge >= 0.3 is 12.3 Å². The van der Waals surface area contributed by atoms with Gasteiger partial charge in [-0.3, -0.25) is 24.0 Å². The zero-order valence-electron chi connectivity index (χ0n) is 48.4. The number of aromatic nitrogens is 4. The lowest BCUT2D eigenvalue weighted by atomic mass is 9.69. The summed E-state index contributed by atoms with van der Waals surface area (Å²) in [5.74, 6) is 1.19. The molecule has 0 spiro atoms. The van der Waals surface area contributed by atoms with Crippen molar-refractivity contribution in [2.24, 2.45) is 10.8 Å². The van der Waals surface area contributed by atoms with Crippen LogP contribution in [0, 0.1) is 10.8 Å². The zero-order valence-corrected chi connectivity index (χ0v) is 47.4. The third-order valence-corrected chi connectivity index (χ3v) is 14.5. The molecule has 4 heterocycles. The van der Waals surface area contributed by atoms with Crippen molar-refractivity contribution in [2.45, 2.75) is 189 Å². The van der Waals surface area contributed by atoms with Gasteiger partial charge in [0.1, 0.15) is 5.60 Å². The highest BCUT2D eigenvalue weighted by molar-refractivity contribution is 5.67. The molecule has 2 aliphatic heterocycles. The molecule has 1 N–H and O–H groups in total. The van der Waals surface area contributed by atoms with Gasteiger partial charge in [-0.15, -0.1) is 0 Å². The smallest absolute Gasteiger partial charge is 0.444 e. The molecule has 422 valence electrons. The number of aldehydes is 1. The van der Waals surface area contributed by atoms with E-state index in [2.05, 4.69) is 66.3 Å². The van der Waals surface area contributed by atoms with E-state index in [1.807, 2.05) is 27.8 Å². The van der Waals surface area contributed by atoms with E-state index in [9.17, 15) is 18.0 Å². The second-order valence-electron chi connectivity index (χ2n) is 21.5. The summed E-state index contributed by atoms with van der Waals surface area (Å²) < 4.78 is 71.1. The lowest BCUT2D eigenvalue weighted by Gasteiger charge is -2.40. The highest BCUT2D eigenvalue weighted by Crippen LogP contribution is 2.47. The minimum Gasteiger partial charge on any atom is -0.444 e. The SMILES string of the molecule is CCOCC1(COCC)CCC(c2c(CN(C)CCN(C)C(=O)OC(C)(C)C)nn3c2CCC3)CC1.CCOCC1(COCC)CCC(c2c(CN(C)CCNC)nn3c2CCC3)CC1.O=CC(F)(F)F.[2H]CC. The first-order valence-electron chi connectivity index (χ1n) is 28.1. The average molecular weight is 1040 g/mol. The van der Waals surface area contributed by atoms with Crippen LogP contribution in [0.4, 0.5) is 18.0 Å². The Hall–Kier alpha value is -3.13. The first kappa shape index (κ1) is 62.4. The lowest BCUT2D eigenvalue weighted by Crippen LogP contribution is -2.38. The normalized spacial score (nSPS) is 17.7. The van der Waals surface area contributed by atoms with Gasteiger partial charge in [-0.25, -0.2) is 4.79 Å². The van der Waals surface area contributed by atoms with Gasteiger partial charge in [0.25, 0.3) is 0 Å². The Kier molecular flexibility index (Phi) is 27.2. The topological polar surface area (TPSA) is 138 Å². The number of likely N-dealkylation sites (N-methyl/N-ethyl adjacent to an activating group) is 4. The van der Waals surface area contributed by atoms with E-state index in [1.165, 1.54) is 73.3 Å². The quantitative estimate of drug-likeness (QED) is 0.100. The third kappa shape index (κ3) is 20.7. The van der Waals surface area contributed by atoms with Crippen molar-refractivity contribution in [1.29, 1.82) is 0 Å². The van der Waals surface area contributed by atoms with Crippen LogP contribution in [-0.4, -0.2) is 166 Å². The van der Waals surface area contributed by atoms with Gasteiger partial charge in [0.15, 0.2) is 0 Å². The molecule has 2 aromatic rings. The summed E-state index contributed by atoms with van der Waals surface area (Å²) in [6, 6.07) is 0. The third-order valence-electron chi connectivity index (χ3n) is 14.5. The molecule has 4 aliphatic rings. The van der Waals surface area contributed by atoms with E-state index in [-0.39, 0.29) is 16.9 Å². The zero-order chi connectivity index (χ0) is 55.0.